The van der Waals surface area contributed by atoms with Crippen LogP contribution >= 0.6 is 11.3 Å². The van der Waals surface area contributed by atoms with E-state index >= 15 is 0 Å². The van der Waals surface area contributed by atoms with Crippen LogP contribution in [0.4, 0.5) is 0 Å². The number of rotatable bonds is 6. The normalized spacial score (nSPS) is 14.2. The van der Waals surface area contributed by atoms with E-state index in [2.05, 4.69) is 15.1 Å². The van der Waals surface area contributed by atoms with Crippen LogP contribution in [0.2, 0.25) is 0 Å². The molecule has 0 spiro atoms. The summed E-state index contributed by atoms with van der Waals surface area (Å²) in [6.45, 7) is 2.89. The second-order valence-corrected chi connectivity index (χ2v) is 7.31. The van der Waals surface area contributed by atoms with Gasteiger partial charge < -0.3 is 9.42 Å². The molecule has 1 amide bonds. The molecule has 0 radical (unpaired) electrons. The Morgan fingerprint density at radius 2 is 2.27 bits per heavy atom. The summed E-state index contributed by atoms with van der Waals surface area (Å²) in [6, 6.07) is 7.58. The molecule has 0 aliphatic heterocycles. The van der Waals surface area contributed by atoms with Crippen LogP contribution in [0.25, 0.3) is 10.6 Å². The highest BCUT2D eigenvalue weighted by Crippen LogP contribution is 2.35. The van der Waals surface area contributed by atoms with Gasteiger partial charge >= 0.3 is 0 Å². The number of carbonyl (C=O) groups excluding carboxylic acids is 1. The summed E-state index contributed by atoms with van der Waals surface area (Å²) < 4.78 is 5.36. The third-order valence-corrected chi connectivity index (χ3v) is 5.55. The van der Waals surface area contributed by atoms with Gasteiger partial charge in [0.05, 0.1) is 6.54 Å². The van der Waals surface area contributed by atoms with E-state index in [1.54, 1.807) is 22.4 Å². The number of hydrogen-bond acceptors (Lipinski definition) is 6. The van der Waals surface area contributed by atoms with Crippen molar-refractivity contribution in [2.75, 3.05) is 6.54 Å². The Labute approximate surface area is 155 Å². The highest BCUT2D eigenvalue weighted by atomic mass is 32.1. The van der Waals surface area contributed by atoms with Crippen LogP contribution in [0.5, 0.6) is 0 Å². The third-order valence-electron chi connectivity index (χ3n) is 4.73. The van der Waals surface area contributed by atoms with E-state index in [9.17, 15) is 4.79 Å². The smallest absolute Gasteiger partial charge is 0.254 e. The number of nitrogens with zero attached hydrogens (tertiary/aromatic N) is 4. The second kappa shape index (κ2) is 7.37. The molecule has 1 aliphatic carbocycles. The van der Waals surface area contributed by atoms with Gasteiger partial charge in [-0.25, -0.2) is 4.98 Å². The molecule has 6 nitrogen and oxygen atoms in total. The van der Waals surface area contributed by atoms with Crippen LogP contribution in [-0.2, 0) is 6.54 Å². The molecule has 134 valence electrons. The third kappa shape index (κ3) is 3.39. The molecule has 4 rings (SSSR count). The highest BCUT2D eigenvalue weighted by molar-refractivity contribution is 7.13. The quantitative estimate of drug-likeness (QED) is 0.654. The maximum absolute atomic E-state index is 12.9. The predicted octanol–water partition coefficient (Wildman–Crippen LogP) is 4.12. The lowest BCUT2D eigenvalue weighted by molar-refractivity contribution is 0.0747. The van der Waals surface area contributed by atoms with E-state index in [1.807, 2.05) is 36.6 Å². The molecule has 1 saturated carbocycles. The van der Waals surface area contributed by atoms with Crippen LogP contribution in [0.15, 0.2) is 40.4 Å². The Kier molecular flexibility index (Phi) is 4.79. The number of thiazole rings is 1. The Morgan fingerprint density at radius 3 is 2.96 bits per heavy atom. The summed E-state index contributed by atoms with van der Waals surface area (Å²) in [5.74, 6) is 1.64. The summed E-state index contributed by atoms with van der Waals surface area (Å²) in [5.41, 5.74) is 1.59. The maximum atomic E-state index is 12.9. The van der Waals surface area contributed by atoms with Crippen molar-refractivity contribution in [2.24, 2.45) is 0 Å². The summed E-state index contributed by atoms with van der Waals surface area (Å²) in [4.78, 5) is 23.5. The van der Waals surface area contributed by atoms with E-state index in [-0.39, 0.29) is 5.91 Å². The van der Waals surface area contributed by atoms with Gasteiger partial charge in [-0.3, -0.25) is 4.79 Å². The molecule has 0 N–H and O–H groups in total. The fraction of sp³-hybridized carbons (Fsp3) is 0.368. The van der Waals surface area contributed by atoms with E-state index in [0.717, 1.165) is 23.4 Å². The molecular formula is C19H20N4O2S. The van der Waals surface area contributed by atoms with E-state index in [4.69, 9.17) is 4.52 Å². The van der Waals surface area contributed by atoms with Crippen molar-refractivity contribution in [1.29, 1.82) is 0 Å². The summed E-state index contributed by atoms with van der Waals surface area (Å²) in [5, 5.41) is 6.89. The first kappa shape index (κ1) is 16.9. The molecule has 0 bridgehead atoms. The average Bonchev–Trinajstić information content (AvgIpc) is 3.30. The Bertz CT molecular complexity index is 887. The zero-order valence-electron chi connectivity index (χ0n) is 14.6. The number of hydrogen-bond donors (Lipinski definition) is 0. The minimum Gasteiger partial charge on any atom is -0.339 e. The van der Waals surface area contributed by atoms with Gasteiger partial charge in [0.25, 0.3) is 5.91 Å². The van der Waals surface area contributed by atoms with E-state index in [1.165, 1.54) is 6.42 Å². The van der Waals surface area contributed by atoms with Crippen molar-refractivity contribution in [3.63, 3.8) is 0 Å². The Hall–Kier alpha value is -2.54. The molecule has 0 saturated heterocycles. The highest BCUT2D eigenvalue weighted by Gasteiger charge is 2.26. The molecule has 1 aromatic carbocycles. The monoisotopic (exact) mass is 368 g/mol. The van der Waals surface area contributed by atoms with Crippen LogP contribution in [0.1, 0.15) is 54.2 Å². The molecule has 26 heavy (non-hydrogen) atoms. The second-order valence-electron chi connectivity index (χ2n) is 6.41. The Morgan fingerprint density at radius 1 is 1.38 bits per heavy atom. The summed E-state index contributed by atoms with van der Waals surface area (Å²) >= 11 is 1.56. The van der Waals surface area contributed by atoms with Gasteiger partial charge in [-0.15, -0.1) is 11.3 Å². The lowest BCUT2D eigenvalue weighted by Crippen LogP contribution is -2.30. The first-order valence-electron chi connectivity index (χ1n) is 8.86. The number of carbonyl (C=O) groups is 1. The van der Waals surface area contributed by atoms with E-state index in [0.29, 0.717) is 36.3 Å². The minimum absolute atomic E-state index is 0.0408. The zero-order valence-corrected chi connectivity index (χ0v) is 15.4. The first-order chi connectivity index (χ1) is 12.7. The molecule has 3 aromatic rings. The largest absolute Gasteiger partial charge is 0.339 e. The lowest BCUT2D eigenvalue weighted by Gasteiger charge is -2.21. The van der Waals surface area contributed by atoms with Gasteiger partial charge in [0.2, 0.25) is 5.89 Å². The van der Waals surface area contributed by atoms with Gasteiger partial charge in [0, 0.05) is 35.2 Å². The molecular weight excluding hydrogens is 348 g/mol. The minimum atomic E-state index is -0.0408. The summed E-state index contributed by atoms with van der Waals surface area (Å²) in [6.07, 6.45) is 5.21. The van der Waals surface area contributed by atoms with Crippen molar-refractivity contribution in [3.05, 3.63) is 53.1 Å². The zero-order chi connectivity index (χ0) is 17.9. The van der Waals surface area contributed by atoms with Gasteiger partial charge in [0.1, 0.15) is 5.01 Å². The molecule has 2 heterocycles. The number of amides is 1. The van der Waals surface area contributed by atoms with Crippen LogP contribution in [0, 0.1) is 0 Å². The van der Waals surface area contributed by atoms with Crippen molar-refractivity contribution in [1.82, 2.24) is 20.0 Å². The van der Waals surface area contributed by atoms with E-state index < -0.39 is 0 Å². The van der Waals surface area contributed by atoms with Crippen LogP contribution in [0.3, 0.4) is 0 Å². The molecule has 0 unspecified atom stereocenters. The van der Waals surface area contributed by atoms with Crippen molar-refractivity contribution >= 4 is 17.2 Å². The SMILES string of the molecule is CCN(Cc1noc(C2CCC2)n1)C(=O)c1cccc(-c2nccs2)c1. The summed E-state index contributed by atoms with van der Waals surface area (Å²) in [7, 11) is 0. The predicted molar refractivity (Wildman–Crippen MR) is 98.9 cm³/mol. The number of aromatic nitrogens is 3. The Balaban J connectivity index is 1.50. The van der Waals surface area contributed by atoms with Crippen molar-refractivity contribution < 1.29 is 9.32 Å². The molecule has 7 heteroatoms. The van der Waals surface area contributed by atoms with Gasteiger partial charge in [0.15, 0.2) is 5.82 Å². The maximum Gasteiger partial charge on any atom is 0.254 e. The van der Waals surface area contributed by atoms with Gasteiger partial charge in [-0.05, 0) is 31.9 Å². The average molecular weight is 368 g/mol. The van der Waals surface area contributed by atoms with Crippen molar-refractivity contribution in [2.45, 2.75) is 38.6 Å². The number of benzene rings is 1. The van der Waals surface area contributed by atoms with Crippen LogP contribution in [-0.4, -0.2) is 32.5 Å². The standard InChI is InChI=1S/C19H20N4O2S/c1-2-23(12-16-21-17(25-22-16)13-5-3-6-13)19(24)15-8-4-7-14(11-15)18-20-9-10-26-18/h4,7-11,13H,2-3,5-6,12H2,1H3. The fourth-order valence-corrected chi connectivity index (χ4v) is 3.62. The molecule has 1 fully saturated rings. The fourth-order valence-electron chi connectivity index (χ4n) is 2.98. The molecule has 0 atom stereocenters. The van der Waals surface area contributed by atoms with Gasteiger partial charge in [-0.1, -0.05) is 23.7 Å². The van der Waals surface area contributed by atoms with Crippen molar-refractivity contribution in [3.8, 4) is 10.6 Å². The van der Waals surface area contributed by atoms with Gasteiger partial charge in [-0.2, -0.15) is 4.98 Å². The topological polar surface area (TPSA) is 72.1 Å². The molecule has 1 aliphatic rings. The lowest BCUT2D eigenvalue weighted by atomic mass is 9.85. The van der Waals surface area contributed by atoms with Crippen LogP contribution < -0.4 is 0 Å². The molecule has 2 aromatic heterocycles. The first-order valence-corrected chi connectivity index (χ1v) is 9.74.